The smallest absolute Gasteiger partial charge is 0.258 e. The summed E-state index contributed by atoms with van der Waals surface area (Å²) in [5, 5.41) is 2.20. The fourth-order valence-corrected chi connectivity index (χ4v) is 1.12. The van der Waals surface area contributed by atoms with Crippen molar-refractivity contribution in [1.29, 1.82) is 0 Å². The van der Waals surface area contributed by atoms with Crippen molar-refractivity contribution in [3.63, 3.8) is 0 Å². The molecule has 110 valence electrons. The van der Waals surface area contributed by atoms with Crippen molar-refractivity contribution >= 4 is 11.8 Å². The van der Waals surface area contributed by atoms with Crippen molar-refractivity contribution in [2.24, 2.45) is 5.73 Å². The van der Waals surface area contributed by atoms with E-state index in [1.54, 1.807) is 30.3 Å². The molecule has 0 unspecified atom stereocenters. The topological polar surface area (TPSA) is 72.2 Å². The minimum absolute atomic E-state index is 0. The van der Waals surface area contributed by atoms with Crippen LogP contribution in [0.1, 0.15) is 41.5 Å². The van der Waals surface area contributed by atoms with Crippen molar-refractivity contribution in [1.82, 2.24) is 5.32 Å². The Morgan fingerprint density at radius 2 is 1.45 bits per heavy atom. The number of carbonyl (C=O) groups excluding carboxylic acids is 2. The number of amides is 2. The monoisotopic (exact) mass is 276 g/mol. The number of rotatable bonds is 2. The van der Waals surface area contributed by atoms with Gasteiger partial charge in [-0.05, 0) is 18.6 Å². The van der Waals surface area contributed by atoms with Crippen molar-refractivity contribution < 1.29 is 9.59 Å². The van der Waals surface area contributed by atoms with Crippen molar-refractivity contribution in [3.8, 4) is 0 Å². The van der Waals surface area contributed by atoms with Gasteiger partial charge in [-0.3, -0.25) is 14.9 Å². The first-order valence-electron chi connectivity index (χ1n) is 5.98. The normalized spacial score (nSPS) is 10.5. The number of hydrogen-bond acceptors (Lipinski definition) is 3. The third kappa shape index (κ3) is 6.66. The maximum atomic E-state index is 10.9. The molecule has 20 heavy (non-hydrogen) atoms. The molecule has 1 aromatic rings. The lowest BCUT2D eigenvalue weighted by Gasteiger charge is -1.88. The number of carbonyl (C=O) groups is 2. The zero-order valence-electron chi connectivity index (χ0n) is 11.2. The van der Waals surface area contributed by atoms with E-state index < -0.39 is 0 Å². The highest BCUT2D eigenvalue weighted by Gasteiger charge is 2.25. The molecule has 0 atom stereocenters. The van der Waals surface area contributed by atoms with Gasteiger partial charge in [0.05, 0.1) is 11.1 Å². The number of imide groups is 1. The highest BCUT2D eigenvalue weighted by atomic mass is 16.2. The molecule has 0 saturated heterocycles. The second-order valence-corrected chi connectivity index (χ2v) is 3.55. The minimum Gasteiger partial charge on any atom is -0.327 e. The summed E-state index contributed by atoms with van der Waals surface area (Å²) >= 11 is 0. The van der Waals surface area contributed by atoms with E-state index in [9.17, 15) is 9.59 Å². The number of fused-ring (bicyclic) bond motifs is 1. The summed E-state index contributed by atoms with van der Waals surface area (Å²) in [4.78, 5) is 21.9. The largest absolute Gasteiger partial charge is 0.327 e. The fraction of sp³-hybridized carbons (Fsp3) is 0.250. The Hall–Kier alpha value is -2.20. The highest BCUT2D eigenvalue weighted by Crippen LogP contribution is 2.13. The fourth-order valence-electron chi connectivity index (χ4n) is 1.12. The summed E-state index contributed by atoms with van der Waals surface area (Å²) in [5.74, 6) is -0.601. The van der Waals surface area contributed by atoms with Crippen LogP contribution in [0.15, 0.2) is 49.6 Å². The van der Waals surface area contributed by atoms with E-state index in [-0.39, 0.29) is 19.2 Å². The number of nitrogens with two attached hydrogens (primary N) is 1. The SMILES string of the molecule is C.C=CCC.C=CCN.O=C1NC(=O)c2ccccc21. The Morgan fingerprint density at radius 1 is 1.10 bits per heavy atom. The third-order valence-electron chi connectivity index (χ3n) is 2.10. The summed E-state index contributed by atoms with van der Waals surface area (Å²) in [6.07, 6.45) is 4.61. The Kier molecular flexibility index (Phi) is 11.9. The molecule has 0 spiro atoms. The molecule has 0 radical (unpaired) electrons. The first-order valence-corrected chi connectivity index (χ1v) is 5.98. The number of hydrogen-bond donors (Lipinski definition) is 2. The molecule has 0 bridgehead atoms. The molecular formula is C16H24N2O2. The summed E-state index contributed by atoms with van der Waals surface area (Å²) in [6, 6.07) is 6.74. The zero-order valence-corrected chi connectivity index (χ0v) is 11.2. The molecule has 3 N–H and O–H groups in total. The lowest BCUT2D eigenvalue weighted by atomic mass is 10.1. The van der Waals surface area contributed by atoms with Gasteiger partial charge >= 0.3 is 0 Å². The van der Waals surface area contributed by atoms with Crippen LogP contribution in [0.3, 0.4) is 0 Å². The molecule has 4 heteroatoms. The van der Waals surface area contributed by atoms with Gasteiger partial charge in [-0.15, -0.1) is 13.2 Å². The van der Waals surface area contributed by atoms with Gasteiger partial charge in [-0.25, -0.2) is 0 Å². The second-order valence-electron chi connectivity index (χ2n) is 3.55. The molecule has 2 amide bonds. The van der Waals surface area contributed by atoms with E-state index in [1.807, 2.05) is 6.08 Å². The molecule has 1 heterocycles. The Bertz CT molecular complexity index is 413. The van der Waals surface area contributed by atoms with Crippen LogP contribution in [0.25, 0.3) is 0 Å². The van der Waals surface area contributed by atoms with E-state index in [1.165, 1.54) is 0 Å². The lowest BCUT2D eigenvalue weighted by Crippen LogP contribution is -2.19. The Balaban J connectivity index is 0. The van der Waals surface area contributed by atoms with Crippen LogP contribution in [0, 0.1) is 0 Å². The molecule has 0 aliphatic carbocycles. The first-order chi connectivity index (χ1) is 9.12. The number of nitrogens with one attached hydrogen (secondary N) is 1. The average molecular weight is 276 g/mol. The third-order valence-corrected chi connectivity index (χ3v) is 2.10. The molecule has 1 aliphatic rings. The molecule has 1 aliphatic heterocycles. The van der Waals surface area contributed by atoms with Crippen LogP contribution in [0.2, 0.25) is 0 Å². The summed E-state index contributed by atoms with van der Waals surface area (Å²) < 4.78 is 0. The molecule has 1 aromatic carbocycles. The minimum atomic E-state index is -0.300. The standard InChI is InChI=1S/C8H5NO2.C4H8.C3H7N.CH4/c10-7-5-3-1-2-4-6(5)8(11)9-7;1-3-4-2;1-2-3-4;/h1-4H,(H,9,10,11);3H,1,4H2,2H3;2H,1,3-4H2;1H4. The maximum Gasteiger partial charge on any atom is 0.258 e. The van der Waals surface area contributed by atoms with Crippen molar-refractivity contribution in [3.05, 3.63) is 60.7 Å². The van der Waals surface area contributed by atoms with E-state index >= 15 is 0 Å². The van der Waals surface area contributed by atoms with Gasteiger partial charge in [0.1, 0.15) is 0 Å². The van der Waals surface area contributed by atoms with Gasteiger partial charge in [-0.1, -0.05) is 38.6 Å². The number of allylic oxidation sites excluding steroid dienone is 1. The average Bonchev–Trinajstić information content (AvgIpc) is 2.75. The Labute approximate surface area is 121 Å². The van der Waals surface area contributed by atoms with Crippen LogP contribution in [-0.4, -0.2) is 18.4 Å². The van der Waals surface area contributed by atoms with E-state index in [0.29, 0.717) is 17.7 Å². The van der Waals surface area contributed by atoms with Crippen LogP contribution in [-0.2, 0) is 0 Å². The van der Waals surface area contributed by atoms with Crippen LogP contribution in [0.4, 0.5) is 0 Å². The van der Waals surface area contributed by atoms with Gasteiger partial charge in [0.15, 0.2) is 0 Å². The zero-order chi connectivity index (χ0) is 14.7. The molecule has 4 nitrogen and oxygen atoms in total. The van der Waals surface area contributed by atoms with Gasteiger partial charge in [0, 0.05) is 6.54 Å². The van der Waals surface area contributed by atoms with Gasteiger partial charge in [0.25, 0.3) is 11.8 Å². The van der Waals surface area contributed by atoms with Gasteiger partial charge < -0.3 is 5.73 Å². The molecule has 0 saturated carbocycles. The first kappa shape index (κ1) is 20.1. The molecular weight excluding hydrogens is 252 g/mol. The highest BCUT2D eigenvalue weighted by molar-refractivity contribution is 6.21. The van der Waals surface area contributed by atoms with E-state index in [0.717, 1.165) is 6.42 Å². The predicted molar refractivity (Wildman–Crippen MR) is 84.7 cm³/mol. The summed E-state index contributed by atoms with van der Waals surface area (Å²) in [5.41, 5.74) is 5.85. The predicted octanol–water partition coefficient (Wildman–Crippen LogP) is 2.92. The second kappa shape index (κ2) is 11.9. The summed E-state index contributed by atoms with van der Waals surface area (Å²) in [7, 11) is 0. The molecule has 0 aromatic heterocycles. The van der Waals surface area contributed by atoms with Crippen LogP contribution in [0.5, 0.6) is 0 Å². The van der Waals surface area contributed by atoms with Gasteiger partial charge in [-0.2, -0.15) is 0 Å². The van der Waals surface area contributed by atoms with E-state index in [2.05, 4.69) is 25.4 Å². The quantitative estimate of drug-likeness (QED) is 0.644. The van der Waals surface area contributed by atoms with E-state index in [4.69, 9.17) is 5.73 Å². The van der Waals surface area contributed by atoms with Crippen LogP contribution >= 0.6 is 0 Å². The Morgan fingerprint density at radius 3 is 1.70 bits per heavy atom. The summed E-state index contributed by atoms with van der Waals surface area (Å²) in [6.45, 7) is 9.48. The van der Waals surface area contributed by atoms with Gasteiger partial charge in [0.2, 0.25) is 0 Å². The maximum absolute atomic E-state index is 10.9. The van der Waals surface area contributed by atoms with Crippen LogP contribution < -0.4 is 11.1 Å². The lowest BCUT2D eigenvalue weighted by molar-refractivity contribution is 0.0879. The van der Waals surface area contributed by atoms with Crippen molar-refractivity contribution in [2.45, 2.75) is 20.8 Å². The number of benzene rings is 1. The molecule has 2 rings (SSSR count). The molecule has 0 fully saturated rings. The van der Waals surface area contributed by atoms with Crippen molar-refractivity contribution in [2.75, 3.05) is 6.54 Å².